The molecule has 1 heterocycles. The lowest BCUT2D eigenvalue weighted by Crippen LogP contribution is -2.54. The molecule has 0 aliphatic carbocycles. The van der Waals surface area contributed by atoms with E-state index in [1.54, 1.807) is 23.6 Å². The van der Waals surface area contributed by atoms with Crippen molar-refractivity contribution in [1.29, 1.82) is 0 Å². The minimum atomic E-state index is -3.07. The number of hydrogen-bond donors (Lipinski definition) is 0. The Kier molecular flexibility index (Phi) is 7.25. The van der Waals surface area contributed by atoms with Crippen LogP contribution in [0.1, 0.15) is 53.9 Å². The van der Waals surface area contributed by atoms with Gasteiger partial charge >= 0.3 is 0 Å². The van der Waals surface area contributed by atoms with Gasteiger partial charge in [0, 0.05) is 25.7 Å². The van der Waals surface area contributed by atoms with Gasteiger partial charge in [-0.2, -0.15) is 0 Å². The average molecular weight is 361 g/mol. The molecule has 0 spiro atoms. The SMILES string of the molecule is CCCN(CCC)C(=O)C(C)(C)C(=O)N(CC)C1CCS(=O)(=O)C1. The fraction of sp³-hybridized carbons (Fsp3) is 0.882. The first-order valence-electron chi connectivity index (χ1n) is 8.91. The Morgan fingerprint density at radius 3 is 1.96 bits per heavy atom. The van der Waals surface area contributed by atoms with Crippen molar-refractivity contribution in [3.63, 3.8) is 0 Å². The molecule has 0 radical (unpaired) electrons. The van der Waals surface area contributed by atoms with Gasteiger partial charge in [-0.3, -0.25) is 9.59 Å². The summed E-state index contributed by atoms with van der Waals surface area (Å²) in [5.41, 5.74) is -1.17. The molecule has 0 N–H and O–H groups in total. The molecule has 1 aliphatic rings. The van der Waals surface area contributed by atoms with Crippen LogP contribution in [0.25, 0.3) is 0 Å². The summed E-state index contributed by atoms with van der Waals surface area (Å²) in [5.74, 6) is -0.317. The van der Waals surface area contributed by atoms with Gasteiger partial charge in [-0.05, 0) is 40.0 Å². The molecule has 140 valence electrons. The van der Waals surface area contributed by atoms with E-state index in [-0.39, 0.29) is 29.4 Å². The number of rotatable bonds is 8. The van der Waals surface area contributed by atoms with Gasteiger partial charge in [0.05, 0.1) is 11.5 Å². The second-order valence-corrected chi connectivity index (χ2v) is 9.29. The highest BCUT2D eigenvalue weighted by molar-refractivity contribution is 7.91. The summed E-state index contributed by atoms with van der Waals surface area (Å²) in [6, 6.07) is -0.314. The fourth-order valence-electron chi connectivity index (χ4n) is 3.29. The minimum Gasteiger partial charge on any atom is -0.342 e. The van der Waals surface area contributed by atoms with Gasteiger partial charge in [-0.25, -0.2) is 8.42 Å². The number of sulfone groups is 1. The Morgan fingerprint density at radius 1 is 1.04 bits per heavy atom. The molecule has 1 aliphatic heterocycles. The van der Waals surface area contributed by atoms with Crippen LogP contribution in [0, 0.1) is 5.41 Å². The highest BCUT2D eigenvalue weighted by Crippen LogP contribution is 2.27. The molecule has 1 atom stereocenters. The summed E-state index contributed by atoms with van der Waals surface area (Å²) in [4.78, 5) is 29.3. The summed E-state index contributed by atoms with van der Waals surface area (Å²) >= 11 is 0. The molecule has 0 aromatic carbocycles. The van der Waals surface area contributed by atoms with E-state index in [0.717, 1.165) is 12.8 Å². The molecule has 1 unspecified atom stereocenters. The van der Waals surface area contributed by atoms with Gasteiger partial charge in [-0.1, -0.05) is 13.8 Å². The molecular formula is C17H32N2O4S. The third-order valence-corrected chi connectivity index (χ3v) is 6.34. The summed E-state index contributed by atoms with van der Waals surface area (Å²) in [6.45, 7) is 10.8. The van der Waals surface area contributed by atoms with E-state index in [2.05, 4.69) is 0 Å². The van der Waals surface area contributed by atoms with Crippen LogP contribution in [0.4, 0.5) is 0 Å². The van der Waals surface area contributed by atoms with E-state index < -0.39 is 15.3 Å². The van der Waals surface area contributed by atoms with E-state index >= 15 is 0 Å². The topological polar surface area (TPSA) is 74.8 Å². The molecule has 0 bridgehead atoms. The first-order chi connectivity index (χ1) is 11.1. The van der Waals surface area contributed by atoms with Crippen molar-refractivity contribution < 1.29 is 18.0 Å². The second kappa shape index (κ2) is 8.32. The molecule has 24 heavy (non-hydrogen) atoms. The highest BCUT2D eigenvalue weighted by atomic mass is 32.2. The second-order valence-electron chi connectivity index (χ2n) is 7.07. The summed E-state index contributed by atoms with van der Waals surface area (Å²) in [7, 11) is -3.07. The van der Waals surface area contributed by atoms with Crippen molar-refractivity contribution in [3.8, 4) is 0 Å². The number of hydrogen-bond acceptors (Lipinski definition) is 4. The molecule has 2 amide bonds. The van der Waals surface area contributed by atoms with Crippen LogP contribution in [0.3, 0.4) is 0 Å². The predicted molar refractivity (Wildman–Crippen MR) is 95.4 cm³/mol. The normalized spacial score (nSPS) is 20.0. The number of carbonyl (C=O) groups is 2. The van der Waals surface area contributed by atoms with Gasteiger partial charge in [0.15, 0.2) is 9.84 Å². The van der Waals surface area contributed by atoms with Crippen molar-refractivity contribution >= 4 is 21.7 Å². The molecule has 6 nitrogen and oxygen atoms in total. The van der Waals surface area contributed by atoms with Gasteiger partial charge in [-0.15, -0.1) is 0 Å². The number of carbonyl (C=O) groups excluding carboxylic acids is 2. The van der Waals surface area contributed by atoms with Gasteiger partial charge in [0.1, 0.15) is 5.41 Å². The smallest absolute Gasteiger partial charge is 0.237 e. The zero-order chi connectivity index (χ0) is 18.5. The molecule has 7 heteroatoms. The monoisotopic (exact) mass is 360 g/mol. The predicted octanol–water partition coefficient (Wildman–Crippen LogP) is 1.70. The first kappa shape index (κ1) is 20.9. The molecule has 0 aromatic rings. The average Bonchev–Trinajstić information content (AvgIpc) is 2.86. The van der Waals surface area contributed by atoms with Crippen LogP contribution < -0.4 is 0 Å². The molecule has 0 saturated carbocycles. The summed E-state index contributed by atoms with van der Waals surface area (Å²) in [6.07, 6.45) is 2.14. The van der Waals surface area contributed by atoms with Crippen LogP contribution in [0.15, 0.2) is 0 Å². The van der Waals surface area contributed by atoms with E-state index in [0.29, 0.717) is 26.1 Å². The van der Waals surface area contributed by atoms with Crippen LogP contribution in [-0.4, -0.2) is 67.2 Å². The van der Waals surface area contributed by atoms with E-state index in [9.17, 15) is 18.0 Å². The highest BCUT2D eigenvalue weighted by Gasteiger charge is 2.44. The largest absolute Gasteiger partial charge is 0.342 e. The Morgan fingerprint density at radius 2 is 1.58 bits per heavy atom. The Hall–Kier alpha value is -1.11. The molecular weight excluding hydrogens is 328 g/mol. The minimum absolute atomic E-state index is 0.00445. The molecule has 1 saturated heterocycles. The van der Waals surface area contributed by atoms with Gasteiger partial charge in [0.2, 0.25) is 11.8 Å². The quantitative estimate of drug-likeness (QED) is 0.618. The van der Waals surface area contributed by atoms with Crippen molar-refractivity contribution in [2.45, 2.75) is 59.9 Å². The Balaban J connectivity index is 2.97. The first-order valence-corrected chi connectivity index (χ1v) is 10.7. The molecule has 0 aromatic heterocycles. The number of amides is 2. The Labute approximate surface area is 146 Å². The van der Waals surface area contributed by atoms with Crippen LogP contribution >= 0.6 is 0 Å². The zero-order valence-electron chi connectivity index (χ0n) is 15.7. The zero-order valence-corrected chi connectivity index (χ0v) is 16.5. The van der Waals surface area contributed by atoms with E-state index in [1.165, 1.54) is 0 Å². The lowest BCUT2D eigenvalue weighted by atomic mass is 9.88. The van der Waals surface area contributed by atoms with E-state index in [1.807, 2.05) is 20.8 Å². The standard InChI is InChI=1S/C17H32N2O4S/c1-6-10-18(11-7-2)15(20)17(4,5)16(21)19(8-3)14-9-12-24(22,23)13-14/h14H,6-13H2,1-5H3. The lowest BCUT2D eigenvalue weighted by Gasteiger charge is -2.36. The lowest BCUT2D eigenvalue weighted by molar-refractivity contribution is -0.155. The fourth-order valence-corrected chi connectivity index (χ4v) is 5.02. The van der Waals surface area contributed by atoms with Crippen molar-refractivity contribution in [2.75, 3.05) is 31.1 Å². The van der Waals surface area contributed by atoms with Crippen molar-refractivity contribution in [2.24, 2.45) is 5.41 Å². The van der Waals surface area contributed by atoms with E-state index in [4.69, 9.17) is 0 Å². The van der Waals surface area contributed by atoms with Crippen LogP contribution in [-0.2, 0) is 19.4 Å². The van der Waals surface area contributed by atoms with Crippen LogP contribution in [0.5, 0.6) is 0 Å². The summed E-state index contributed by atoms with van der Waals surface area (Å²) in [5, 5.41) is 0. The number of nitrogens with zero attached hydrogens (tertiary/aromatic N) is 2. The summed E-state index contributed by atoms with van der Waals surface area (Å²) < 4.78 is 23.5. The van der Waals surface area contributed by atoms with Crippen LogP contribution in [0.2, 0.25) is 0 Å². The van der Waals surface area contributed by atoms with Crippen molar-refractivity contribution in [1.82, 2.24) is 9.80 Å². The maximum atomic E-state index is 13.0. The third kappa shape index (κ3) is 4.71. The molecule has 1 fully saturated rings. The maximum Gasteiger partial charge on any atom is 0.237 e. The third-order valence-electron chi connectivity index (χ3n) is 4.59. The maximum absolute atomic E-state index is 13.0. The Bertz CT molecular complexity index is 551. The van der Waals surface area contributed by atoms with Gasteiger partial charge < -0.3 is 9.80 Å². The van der Waals surface area contributed by atoms with Crippen molar-refractivity contribution in [3.05, 3.63) is 0 Å². The van der Waals surface area contributed by atoms with Gasteiger partial charge in [0.25, 0.3) is 0 Å². The molecule has 1 rings (SSSR count).